The van der Waals surface area contributed by atoms with Gasteiger partial charge in [-0.3, -0.25) is 0 Å². The van der Waals surface area contributed by atoms with E-state index >= 15 is 0 Å². The fraction of sp³-hybridized carbons (Fsp3) is 0.667. The molecule has 0 bridgehead atoms. The summed E-state index contributed by atoms with van der Waals surface area (Å²) in [6, 6.07) is 0. The number of aromatic nitrogens is 2. The maximum Gasteiger partial charge on any atom is 0.281 e. The molecule has 8 nitrogen and oxygen atoms in total. The van der Waals surface area contributed by atoms with Crippen LogP contribution in [-0.4, -0.2) is 67.3 Å². The molecule has 2 rings (SSSR count). The summed E-state index contributed by atoms with van der Waals surface area (Å²) in [5, 5.41) is 0. The van der Waals surface area contributed by atoms with Crippen molar-refractivity contribution in [1.29, 1.82) is 0 Å². The number of rotatable bonds is 4. The molecule has 1 saturated heterocycles. The molecule has 0 aromatic carbocycles. The van der Waals surface area contributed by atoms with E-state index in [1.54, 1.807) is 20.3 Å². The third kappa shape index (κ3) is 3.25. The Morgan fingerprint density at radius 2 is 1.90 bits per heavy atom. The molecule has 21 heavy (non-hydrogen) atoms. The fourth-order valence-corrected chi connectivity index (χ4v) is 3.38. The van der Waals surface area contributed by atoms with Crippen molar-refractivity contribution < 1.29 is 8.42 Å². The predicted octanol–water partition coefficient (Wildman–Crippen LogP) is -0.450. The van der Waals surface area contributed by atoms with Crippen LogP contribution >= 0.6 is 0 Å². The predicted molar refractivity (Wildman–Crippen MR) is 82.2 cm³/mol. The van der Waals surface area contributed by atoms with Gasteiger partial charge >= 0.3 is 0 Å². The molecule has 0 amide bonds. The van der Waals surface area contributed by atoms with Crippen molar-refractivity contribution in [2.45, 2.75) is 13.3 Å². The molecule has 0 radical (unpaired) electrons. The molecule has 0 aliphatic carbocycles. The van der Waals surface area contributed by atoms with Crippen LogP contribution in [0.15, 0.2) is 6.20 Å². The third-order valence-corrected chi connectivity index (χ3v) is 5.51. The van der Waals surface area contributed by atoms with Gasteiger partial charge in [0.1, 0.15) is 5.82 Å². The molecule has 0 spiro atoms. The smallest absolute Gasteiger partial charge is 0.281 e. The molecule has 1 aliphatic heterocycles. The number of anilines is 2. The van der Waals surface area contributed by atoms with Crippen molar-refractivity contribution in [3.63, 3.8) is 0 Å². The van der Waals surface area contributed by atoms with Crippen LogP contribution in [0.3, 0.4) is 0 Å². The molecule has 2 heterocycles. The van der Waals surface area contributed by atoms with Gasteiger partial charge in [-0.15, -0.1) is 0 Å². The first-order valence-corrected chi connectivity index (χ1v) is 8.30. The average molecular weight is 314 g/mol. The van der Waals surface area contributed by atoms with Gasteiger partial charge in [0.25, 0.3) is 10.2 Å². The number of hydrogen-bond acceptors (Lipinski definition) is 6. The Balaban J connectivity index is 2.13. The van der Waals surface area contributed by atoms with E-state index < -0.39 is 10.2 Å². The first-order chi connectivity index (χ1) is 9.86. The first kappa shape index (κ1) is 15.9. The number of nitrogen functional groups attached to an aromatic ring is 1. The molecule has 1 aliphatic rings. The Hall–Kier alpha value is -1.45. The van der Waals surface area contributed by atoms with Crippen LogP contribution in [0.25, 0.3) is 0 Å². The minimum atomic E-state index is -3.35. The highest BCUT2D eigenvalue weighted by Crippen LogP contribution is 2.21. The van der Waals surface area contributed by atoms with Crippen molar-refractivity contribution in [3.05, 3.63) is 11.8 Å². The van der Waals surface area contributed by atoms with E-state index in [-0.39, 0.29) is 5.95 Å². The normalized spacial score (nSPS) is 17.4. The molecular formula is C12H22N6O2S. The summed E-state index contributed by atoms with van der Waals surface area (Å²) in [5.41, 5.74) is 6.68. The van der Waals surface area contributed by atoms with Crippen molar-refractivity contribution in [3.8, 4) is 0 Å². The third-order valence-electron chi connectivity index (χ3n) is 3.57. The van der Waals surface area contributed by atoms with Gasteiger partial charge in [-0.25, -0.2) is 4.98 Å². The summed E-state index contributed by atoms with van der Waals surface area (Å²) >= 11 is 0. The lowest BCUT2D eigenvalue weighted by atomic mass is 10.2. The zero-order valence-corrected chi connectivity index (χ0v) is 13.5. The minimum Gasteiger partial charge on any atom is -0.368 e. The van der Waals surface area contributed by atoms with Gasteiger partial charge in [0, 0.05) is 52.0 Å². The second-order valence-electron chi connectivity index (χ2n) is 5.11. The largest absolute Gasteiger partial charge is 0.368 e. The topological polar surface area (TPSA) is 95.7 Å². The van der Waals surface area contributed by atoms with Gasteiger partial charge in [0.05, 0.1) is 0 Å². The lowest BCUT2D eigenvalue weighted by molar-refractivity contribution is 0.354. The maximum absolute atomic E-state index is 12.1. The summed E-state index contributed by atoms with van der Waals surface area (Å²) in [6.07, 6.45) is 2.55. The van der Waals surface area contributed by atoms with Gasteiger partial charge in [-0.05, 0) is 6.42 Å². The quantitative estimate of drug-likeness (QED) is 0.809. The van der Waals surface area contributed by atoms with Crippen molar-refractivity contribution in [2.75, 3.05) is 50.9 Å². The summed E-state index contributed by atoms with van der Waals surface area (Å²) in [5.74, 6) is 1.05. The van der Waals surface area contributed by atoms with Crippen molar-refractivity contribution in [1.82, 2.24) is 18.6 Å². The molecule has 2 N–H and O–H groups in total. The zero-order chi connectivity index (χ0) is 15.6. The van der Waals surface area contributed by atoms with Crippen LogP contribution in [0.1, 0.15) is 12.5 Å². The molecule has 1 aromatic heterocycles. The summed E-state index contributed by atoms with van der Waals surface area (Å²) in [6.45, 7) is 4.10. The molecule has 118 valence electrons. The Morgan fingerprint density at radius 1 is 1.29 bits per heavy atom. The van der Waals surface area contributed by atoms with Gasteiger partial charge in [-0.2, -0.15) is 22.0 Å². The van der Waals surface area contributed by atoms with Crippen LogP contribution < -0.4 is 10.6 Å². The molecule has 0 saturated carbocycles. The number of hydrogen-bond donors (Lipinski definition) is 1. The second-order valence-corrected chi connectivity index (χ2v) is 7.25. The van der Waals surface area contributed by atoms with E-state index in [9.17, 15) is 8.42 Å². The molecule has 0 unspecified atom stereocenters. The highest BCUT2D eigenvalue weighted by Gasteiger charge is 2.29. The second kappa shape index (κ2) is 6.12. The van der Waals surface area contributed by atoms with Gasteiger partial charge in [-0.1, -0.05) is 6.92 Å². The van der Waals surface area contributed by atoms with E-state index in [1.807, 2.05) is 6.92 Å². The Labute approximate surface area is 125 Å². The summed E-state index contributed by atoms with van der Waals surface area (Å²) in [4.78, 5) is 10.4. The van der Waals surface area contributed by atoms with Gasteiger partial charge in [0.15, 0.2) is 0 Å². The van der Waals surface area contributed by atoms with Crippen LogP contribution in [0, 0.1) is 0 Å². The monoisotopic (exact) mass is 314 g/mol. The van der Waals surface area contributed by atoms with E-state index in [2.05, 4.69) is 14.9 Å². The fourth-order valence-electron chi connectivity index (χ4n) is 2.30. The number of aryl methyl sites for hydroxylation is 1. The molecule has 1 aromatic rings. The average Bonchev–Trinajstić information content (AvgIpc) is 2.47. The van der Waals surface area contributed by atoms with E-state index in [0.717, 1.165) is 17.8 Å². The molecule has 0 atom stereocenters. The number of nitrogens with zero attached hydrogens (tertiary/aromatic N) is 5. The maximum atomic E-state index is 12.1. The van der Waals surface area contributed by atoms with Crippen LogP contribution in [0.5, 0.6) is 0 Å². The lowest BCUT2D eigenvalue weighted by Gasteiger charge is -2.36. The van der Waals surface area contributed by atoms with E-state index in [1.165, 1.54) is 8.61 Å². The van der Waals surface area contributed by atoms with Gasteiger partial charge < -0.3 is 10.6 Å². The first-order valence-electron chi connectivity index (χ1n) is 6.90. The highest BCUT2D eigenvalue weighted by molar-refractivity contribution is 7.86. The Bertz CT molecular complexity index is 596. The van der Waals surface area contributed by atoms with Crippen LogP contribution in [-0.2, 0) is 16.6 Å². The Kier molecular flexibility index (Phi) is 4.64. The highest BCUT2D eigenvalue weighted by atomic mass is 32.2. The van der Waals surface area contributed by atoms with Gasteiger partial charge in [0.2, 0.25) is 5.95 Å². The Morgan fingerprint density at radius 3 is 2.43 bits per heavy atom. The number of piperazine rings is 1. The summed E-state index contributed by atoms with van der Waals surface area (Å²) < 4.78 is 26.9. The van der Waals surface area contributed by atoms with E-state index in [4.69, 9.17) is 5.73 Å². The van der Waals surface area contributed by atoms with Crippen molar-refractivity contribution in [2.24, 2.45) is 0 Å². The minimum absolute atomic E-state index is 0.241. The molecular weight excluding hydrogens is 292 g/mol. The van der Waals surface area contributed by atoms with Crippen LogP contribution in [0.4, 0.5) is 11.8 Å². The SMILES string of the molecule is CCc1cnc(N)nc1N1CCN(S(=O)(=O)N(C)C)CC1. The van der Waals surface area contributed by atoms with E-state index in [0.29, 0.717) is 26.2 Å². The standard InChI is InChI=1S/C12H22N6O2S/c1-4-10-9-14-12(13)15-11(10)17-5-7-18(8-6-17)21(19,20)16(2)3/h9H,4-8H2,1-3H3,(H2,13,14,15). The molecule has 9 heteroatoms. The van der Waals surface area contributed by atoms with Crippen molar-refractivity contribution >= 4 is 22.0 Å². The molecule has 1 fully saturated rings. The zero-order valence-electron chi connectivity index (χ0n) is 12.7. The summed E-state index contributed by atoms with van der Waals surface area (Å²) in [7, 11) is -0.260. The number of nitrogens with two attached hydrogens (primary N) is 1. The lowest BCUT2D eigenvalue weighted by Crippen LogP contribution is -2.52. The van der Waals surface area contributed by atoms with Crippen LogP contribution in [0.2, 0.25) is 0 Å².